The van der Waals surface area contributed by atoms with Crippen molar-refractivity contribution in [2.45, 2.75) is 37.8 Å². The second kappa shape index (κ2) is 6.70. The number of hydrogen-bond donors (Lipinski definition) is 1. The lowest BCUT2D eigenvalue weighted by atomic mass is 9.89. The smallest absolute Gasteiger partial charge is 0.289 e. The van der Waals surface area contributed by atoms with Crippen molar-refractivity contribution in [1.82, 2.24) is 10.2 Å². The van der Waals surface area contributed by atoms with Gasteiger partial charge in [0.1, 0.15) is 5.82 Å². The predicted octanol–water partition coefficient (Wildman–Crippen LogP) is 2.56. The van der Waals surface area contributed by atoms with Crippen LogP contribution in [0.4, 0.5) is 9.18 Å². The topological polar surface area (TPSA) is 66.5 Å². The highest BCUT2D eigenvalue weighted by atomic mass is 32.2. The highest BCUT2D eigenvalue weighted by Gasteiger charge is 2.41. The van der Waals surface area contributed by atoms with E-state index in [1.807, 2.05) is 0 Å². The van der Waals surface area contributed by atoms with E-state index in [-0.39, 0.29) is 34.5 Å². The van der Waals surface area contributed by atoms with Gasteiger partial charge in [-0.1, -0.05) is 36.7 Å². The summed E-state index contributed by atoms with van der Waals surface area (Å²) >= 11 is 0.992. The number of amides is 3. The Morgan fingerprint density at radius 2 is 1.96 bits per heavy atom. The second-order valence-corrected chi connectivity index (χ2v) is 6.66. The van der Waals surface area contributed by atoms with E-state index in [1.54, 1.807) is 6.07 Å². The fourth-order valence-corrected chi connectivity index (χ4v) is 3.93. The number of halogens is 1. The number of benzene rings is 1. The van der Waals surface area contributed by atoms with Crippen LogP contribution in [0.25, 0.3) is 0 Å². The Kier molecular flexibility index (Phi) is 4.66. The first kappa shape index (κ1) is 16.0. The van der Waals surface area contributed by atoms with Crippen molar-refractivity contribution in [3.63, 3.8) is 0 Å². The Morgan fingerprint density at radius 3 is 2.65 bits per heavy atom. The average molecular weight is 336 g/mol. The molecule has 1 aliphatic carbocycles. The summed E-state index contributed by atoms with van der Waals surface area (Å²) in [5.74, 6) is -1.14. The molecule has 5 nitrogen and oxygen atoms in total. The molecule has 0 radical (unpaired) electrons. The van der Waals surface area contributed by atoms with E-state index in [1.165, 1.54) is 23.1 Å². The van der Waals surface area contributed by atoms with Crippen LogP contribution in [0, 0.1) is 5.82 Å². The van der Waals surface area contributed by atoms with Crippen molar-refractivity contribution < 1.29 is 18.8 Å². The van der Waals surface area contributed by atoms with Crippen molar-refractivity contribution in [3.8, 4) is 0 Å². The van der Waals surface area contributed by atoms with E-state index in [4.69, 9.17) is 0 Å². The van der Waals surface area contributed by atoms with Crippen molar-refractivity contribution in [1.29, 1.82) is 0 Å². The Bertz CT molecular complexity index is 636. The lowest BCUT2D eigenvalue weighted by Gasteiger charge is -2.36. The van der Waals surface area contributed by atoms with Crippen molar-refractivity contribution in [2.75, 3.05) is 5.75 Å². The van der Waals surface area contributed by atoms with E-state index < -0.39 is 11.7 Å². The van der Waals surface area contributed by atoms with Gasteiger partial charge in [0.15, 0.2) is 0 Å². The van der Waals surface area contributed by atoms with Gasteiger partial charge in [-0.2, -0.15) is 0 Å². The number of nitrogens with zero attached hydrogens (tertiary/aromatic N) is 1. The van der Waals surface area contributed by atoms with Crippen LogP contribution in [-0.2, 0) is 4.79 Å². The second-order valence-electron chi connectivity index (χ2n) is 5.73. The summed E-state index contributed by atoms with van der Waals surface area (Å²) in [5, 5.41) is 2.55. The van der Waals surface area contributed by atoms with Gasteiger partial charge in [0.2, 0.25) is 5.91 Å². The minimum absolute atomic E-state index is 0.0229. The van der Waals surface area contributed by atoms with Crippen LogP contribution in [-0.4, -0.2) is 39.8 Å². The first-order valence-corrected chi connectivity index (χ1v) is 8.60. The standard InChI is InChI=1S/C16H17FN2O3S/c17-11-6-2-1-5-10(11)15(21)18-12-7-3-4-8-13(12)19-14(20)9-23-16(19)22/h1-2,5-6,12-13H,3-4,7-9H2,(H,18,21)/t12-,13+/m0/s1. The molecule has 122 valence electrons. The van der Waals surface area contributed by atoms with Gasteiger partial charge in [-0.05, 0) is 25.0 Å². The molecule has 0 spiro atoms. The maximum atomic E-state index is 13.7. The van der Waals surface area contributed by atoms with Crippen LogP contribution in [0.3, 0.4) is 0 Å². The van der Waals surface area contributed by atoms with E-state index in [0.717, 1.165) is 24.6 Å². The van der Waals surface area contributed by atoms with Gasteiger partial charge >= 0.3 is 0 Å². The van der Waals surface area contributed by atoms with Crippen LogP contribution < -0.4 is 5.32 Å². The number of carbonyl (C=O) groups is 3. The Labute approximate surface area is 137 Å². The predicted molar refractivity (Wildman–Crippen MR) is 84.6 cm³/mol. The third-order valence-corrected chi connectivity index (χ3v) is 5.12. The van der Waals surface area contributed by atoms with Gasteiger partial charge in [0, 0.05) is 0 Å². The summed E-state index contributed by atoms with van der Waals surface area (Å²) in [4.78, 5) is 37.5. The molecule has 3 amide bonds. The van der Waals surface area contributed by atoms with Crippen LogP contribution in [0.2, 0.25) is 0 Å². The zero-order valence-electron chi connectivity index (χ0n) is 12.5. The molecule has 1 aromatic carbocycles. The third kappa shape index (κ3) is 3.24. The molecular formula is C16H17FN2O3S. The van der Waals surface area contributed by atoms with Gasteiger partial charge in [0.05, 0.1) is 23.4 Å². The zero-order chi connectivity index (χ0) is 16.4. The molecule has 2 atom stereocenters. The number of hydrogen-bond acceptors (Lipinski definition) is 4. The molecule has 1 aromatic rings. The lowest BCUT2D eigenvalue weighted by molar-refractivity contribution is -0.127. The molecular weight excluding hydrogens is 319 g/mol. The fraction of sp³-hybridized carbons (Fsp3) is 0.438. The molecule has 1 N–H and O–H groups in total. The van der Waals surface area contributed by atoms with Crippen LogP contribution >= 0.6 is 11.8 Å². The molecule has 1 aliphatic heterocycles. The first-order valence-electron chi connectivity index (χ1n) is 7.62. The van der Waals surface area contributed by atoms with Crippen molar-refractivity contribution >= 4 is 28.8 Å². The molecule has 7 heteroatoms. The molecule has 0 unspecified atom stereocenters. The highest BCUT2D eigenvalue weighted by Crippen LogP contribution is 2.30. The normalized spacial score (nSPS) is 24.8. The zero-order valence-corrected chi connectivity index (χ0v) is 13.3. The molecule has 1 saturated carbocycles. The summed E-state index contributed by atoms with van der Waals surface area (Å²) in [6.07, 6.45) is 3.15. The molecule has 3 rings (SSSR count). The van der Waals surface area contributed by atoms with E-state index in [0.29, 0.717) is 12.8 Å². The molecule has 1 heterocycles. The van der Waals surface area contributed by atoms with Crippen LogP contribution in [0.1, 0.15) is 36.0 Å². The molecule has 1 saturated heterocycles. The Morgan fingerprint density at radius 1 is 1.22 bits per heavy atom. The minimum atomic E-state index is -0.582. The third-order valence-electron chi connectivity index (χ3n) is 4.28. The summed E-state index contributed by atoms with van der Waals surface area (Å²) < 4.78 is 13.7. The van der Waals surface area contributed by atoms with Gasteiger partial charge < -0.3 is 5.32 Å². The van der Waals surface area contributed by atoms with Gasteiger partial charge in [-0.15, -0.1) is 0 Å². The summed E-state index contributed by atoms with van der Waals surface area (Å²) in [5.41, 5.74) is -0.0229. The summed E-state index contributed by atoms with van der Waals surface area (Å²) in [7, 11) is 0. The number of carbonyl (C=O) groups excluding carboxylic acids is 3. The average Bonchev–Trinajstić information content (AvgIpc) is 2.87. The van der Waals surface area contributed by atoms with E-state index >= 15 is 0 Å². The van der Waals surface area contributed by atoms with Gasteiger partial charge in [-0.25, -0.2) is 4.39 Å². The van der Waals surface area contributed by atoms with Crippen LogP contribution in [0.15, 0.2) is 24.3 Å². The monoisotopic (exact) mass is 336 g/mol. The molecule has 23 heavy (non-hydrogen) atoms. The number of imide groups is 1. The van der Waals surface area contributed by atoms with E-state index in [2.05, 4.69) is 5.32 Å². The maximum absolute atomic E-state index is 13.7. The Hall–Kier alpha value is -1.89. The number of rotatable bonds is 3. The number of thioether (sulfide) groups is 1. The van der Waals surface area contributed by atoms with E-state index in [9.17, 15) is 18.8 Å². The largest absolute Gasteiger partial charge is 0.347 e. The highest BCUT2D eigenvalue weighted by molar-refractivity contribution is 8.14. The lowest BCUT2D eigenvalue weighted by Crippen LogP contribution is -2.54. The van der Waals surface area contributed by atoms with Gasteiger partial charge in [0.25, 0.3) is 11.1 Å². The maximum Gasteiger partial charge on any atom is 0.289 e. The Balaban J connectivity index is 1.77. The fourth-order valence-electron chi connectivity index (χ4n) is 3.16. The first-order chi connectivity index (χ1) is 11.1. The molecule has 2 fully saturated rings. The molecule has 0 aromatic heterocycles. The molecule has 0 bridgehead atoms. The minimum Gasteiger partial charge on any atom is -0.347 e. The van der Waals surface area contributed by atoms with Gasteiger partial charge in [-0.3, -0.25) is 19.3 Å². The SMILES string of the molecule is O=C(N[C@H]1CCCC[C@H]1N1C(=O)CSC1=O)c1ccccc1F. The van der Waals surface area contributed by atoms with Crippen molar-refractivity contribution in [2.24, 2.45) is 0 Å². The van der Waals surface area contributed by atoms with Crippen LogP contribution in [0.5, 0.6) is 0 Å². The summed E-state index contributed by atoms with van der Waals surface area (Å²) in [6.45, 7) is 0. The summed E-state index contributed by atoms with van der Waals surface area (Å²) in [6, 6.07) is 5.11. The molecule has 2 aliphatic rings. The van der Waals surface area contributed by atoms with Crippen molar-refractivity contribution in [3.05, 3.63) is 35.6 Å². The number of nitrogens with one attached hydrogen (secondary N) is 1. The quantitative estimate of drug-likeness (QED) is 0.921.